The highest BCUT2D eigenvalue weighted by molar-refractivity contribution is 7.94. The molecule has 2 aliphatic rings. The summed E-state index contributed by atoms with van der Waals surface area (Å²) in [5.41, 5.74) is -0.191. The van der Waals surface area contributed by atoms with Crippen molar-refractivity contribution in [2.75, 3.05) is 13.6 Å². The number of benzene rings is 1. The van der Waals surface area contributed by atoms with Crippen molar-refractivity contribution < 1.29 is 22.4 Å². The number of ether oxygens (including phenoxy) is 1. The number of hydrogen-bond acceptors (Lipinski definition) is 6. The Bertz CT molecular complexity index is 1020. The van der Waals surface area contributed by atoms with Crippen LogP contribution in [0.15, 0.2) is 40.6 Å². The average molecular weight is 522 g/mol. The molecule has 0 aromatic heterocycles. The maximum absolute atomic E-state index is 13.7. The van der Waals surface area contributed by atoms with Crippen molar-refractivity contribution in [1.29, 1.82) is 0 Å². The molecular weight excluding hydrogens is 478 g/mol. The molecule has 1 aromatic rings. The summed E-state index contributed by atoms with van der Waals surface area (Å²) in [6.07, 6.45) is 6.63. The van der Waals surface area contributed by atoms with E-state index in [1.807, 2.05) is 18.9 Å². The zero-order valence-electron chi connectivity index (χ0n) is 22.5. The second-order valence-electron chi connectivity index (χ2n) is 11.8. The second-order valence-corrected chi connectivity index (χ2v) is 18.4. The van der Waals surface area contributed by atoms with Crippen LogP contribution in [0.1, 0.15) is 64.9 Å². The van der Waals surface area contributed by atoms with Gasteiger partial charge in [0.1, 0.15) is 11.6 Å². The van der Waals surface area contributed by atoms with Crippen molar-refractivity contribution in [3.63, 3.8) is 0 Å². The molecule has 2 fully saturated rings. The van der Waals surface area contributed by atoms with Crippen molar-refractivity contribution in [2.24, 2.45) is 0 Å². The number of carbonyl (C=O) groups is 1. The molecule has 1 saturated carbocycles. The molecule has 6 nitrogen and oxygen atoms in total. The molecule has 0 N–H and O–H groups in total. The van der Waals surface area contributed by atoms with E-state index in [0.29, 0.717) is 13.0 Å². The number of nitrogens with zero attached hydrogens (tertiary/aromatic N) is 1. The van der Waals surface area contributed by atoms with E-state index >= 15 is 0 Å². The lowest BCUT2D eigenvalue weighted by molar-refractivity contribution is -0.160. The summed E-state index contributed by atoms with van der Waals surface area (Å²) in [5, 5.41) is 1.22. The van der Waals surface area contributed by atoms with Crippen LogP contribution in [0.4, 0.5) is 0 Å². The van der Waals surface area contributed by atoms with Crippen LogP contribution < -0.4 is 0 Å². The topological polar surface area (TPSA) is 72.9 Å². The van der Waals surface area contributed by atoms with Gasteiger partial charge >= 0.3 is 5.97 Å². The number of esters is 1. The number of hydrogen-bond donors (Lipinski definition) is 0. The normalized spacial score (nSPS) is 25.3. The smallest absolute Gasteiger partial charge is 0.330 e. The van der Waals surface area contributed by atoms with Crippen molar-refractivity contribution in [3.05, 3.63) is 41.3 Å². The number of likely N-dealkylation sites (N-methyl/N-ethyl adjacent to an activating group) is 1. The summed E-state index contributed by atoms with van der Waals surface area (Å²) in [7, 11) is -3.93. The highest BCUT2D eigenvalue weighted by atomic mass is 32.2. The lowest BCUT2D eigenvalue weighted by Crippen LogP contribution is -2.49. The number of likely N-dealkylation sites (tertiary alicyclic amines) is 1. The van der Waals surface area contributed by atoms with Crippen LogP contribution in [0, 0.1) is 6.92 Å². The van der Waals surface area contributed by atoms with E-state index in [4.69, 9.17) is 9.16 Å². The summed E-state index contributed by atoms with van der Waals surface area (Å²) in [6.45, 7) is 13.4. The van der Waals surface area contributed by atoms with E-state index in [1.54, 1.807) is 30.3 Å². The fourth-order valence-electron chi connectivity index (χ4n) is 4.66. The maximum Gasteiger partial charge on any atom is 0.330 e. The van der Waals surface area contributed by atoms with Crippen molar-refractivity contribution in [1.82, 2.24) is 4.90 Å². The van der Waals surface area contributed by atoms with Gasteiger partial charge in [0, 0.05) is 18.4 Å². The third-order valence-corrected chi connectivity index (χ3v) is 14.0. The van der Waals surface area contributed by atoms with Crippen LogP contribution in [0.2, 0.25) is 18.1 Å². The molecule has 1 aliphatic heterocycles. The highest BCUT2D eigenvalue weighted by Gasteiger charge is 2.52. The zero-order valence-corrected chi connectivity index (χ0v) is 24.3. The fourth-order valence-corrected chi connectivity index (χ4v) is 7.08. The first kappa shape index (κ1) is 28.1. The molecule has 2 atom stereocenters. The Balaban J connectivity index is 1.92. The summed E-state index contributed by atoms with van der Waals surface area (Å²) in [6, 6.07) is 6.75. The number of aryl methyl sites for hydroxylation is 1. The Morgan fingerprint density at radius 2 is 1.69 bits per heavy atom. The van der Waals surface area contributed by atoms with E-state index < -0.39 is 23.7 Å². The quantitative estimate of drug-likeness (QED) is 0.342. The van der Waals surface area contributed by atoms with E-state index in [9.17, 15) is 13.2 Å². The standard InChI is InChI=1S/C27H43NO5SSi/c1-21-13-15-24(16-14-21)34(30,31)18-17-27(25(29)32-22-11-9-8-10-12-22)19-23(20-28(27)5)33-35(6,7)26(2,3)4/h13-18,22-23H,8-12,19-20H2,1-7H3/b18-17+/t23-,27+/m1/s1. The molecule has 196 valence electrons. The van der Waals surface area contributed by atoms with Gasteiger partial charge in [-0.2, -0.15) is 0 Å². The second kappa shape index (κ2) is 10.5. The minimum Gasteiger partial charge on any atom is -0.461 e. The lowest BCUT2D eigenvalue weighted by atomic mass is 9.94. The first-order chi connectivity index (χ1) is 16.2. The van der Waals surface area contributed by atoms with E-state index in [2.05, 4.69) is 33.9 Å². The van der Waals surface area contributed by atoms with Gasteiger partial charge < -0.3 is 9.16 Å². The maximum atomic E-state index is 13.7. The average Bonchev–Trinajstić information content (AvgIpc) is 3.08. The Hall–Kier alpha value is -1.48. The highest BCUT2D eigenvalue weighted by Crippen LogP contribution is 2.41. The predicted molar refractivity (Wildman–Crippen MR) is 143 cm³/mol. The molecule has 0 amide bonds. The van der Waals surface area contributed by atoms with Gasteiger partial charge in [-0.05, 0) is 76.0 Å². The number of sulfone groups is 1. The minimum atomic E-state index is -3.72. The molecule has 1 heterocycles. The fraction of sp³-hybridized carbons (Fsp3) is 0.667. The molecule has 3 rings (SSSR count). The van der Waals surface area contributed by atoms with Crippen LogP contribution in [-0.2, 0) is 23.8 Å². The minimum absolute atomic E-state index is 0.0318. The summed E-state index contributed by atoms with van der Waals surface area (Å²) in [5.74, 6) is -0.372. The molecule has 8 heteroatoms. The van der Waals surface area contributed by atoms with Crippen molar-refractivity contribution in [3.8, 4) is 0 Å². The Labute approximate surface area is 213 Å². The Kier molecular flexibility index (Phi) is 8.41. The van der Waals surface area contributed by atoms with Crippen LogP contribution in [-0.4, -0.2) is 58.9 Å². The van der Waals surface area contributed by atoms with Gasteiger partial charge in [-0.15, -0.1) is 0 Å². The molecule has 0 radical (unpaired) electrons. The van der Waals surface area contributed by atoms with Gasteiger partial charge in [0.05, 0.1) is 11.0 Å². The van der Waals surface area contributed by atoms with E-state index in [0.717, 1.165) is 37.7 Å². The SMILES string of the molecule is Cc1ccc(S(=O)(=O)/C=C/[C@@]2(C(=O)OC3CCCCC3)C[C@@H](O[Si](C)(C)C(C)(C)C)CN2C)cc1. The predicted octanol–water partition coefficient (Wildman–Crippen LogP) is 5.62. The van der Waals surface area contributed by atoms with Gasteiger partial charge in [-0.25, -0.2) is 13.2 Å². The van der Waals surface area contributed by atoms with Crippen molar-refractivity contribution >= 4 is 24.1 Å². The van der Waals surface area contributed by atoms with Crippen molar-refractivity contribution in [2.45, 2.75) is 107 Å². The molecule has 35 heavy (non-hydrogen) atoms. The molecular formula is C27H43NO5SSi. The molecule has 0 bridgehead atoms. The zero-order chi connectivity index (χ0) is 26.1. The van der Waals surface area contributed by atoms with Gasteiger partial charge in [0.25, 0.3) is 0 Å². The Morgan fingerprint density at radius 1 is 1.09 bits per heavy atom. The van der Waals surface area contributed by atoms with Crippen LogP contribution in [0.3, 0.4) is 0 Å². The van der Waals surface area contributed by atoms with Crippen LogP contribution >= 0.6 is 0 Å². The van der Waals surface area contributed by atoms with Gasteiger partial charge in [-0.1, -0.05) is 44.9 Å². The molecule has 0 unspecified atom stereocenters. The first-order valence-electron chi connectivity index (χ1n) is 12.8. The summed E-state index contributed by atoms with van der Waals surface area (Å²) in [4.78, 5) is 15.8. The molecule has 1 aromatic carbocycles. The third-order valence-electron chi connectivity index (χ3n) is 8.02. The summed E-state index contributed by atoms with van der Waals surface area (Å²) >= 11 is 0. The first-order valence-corrected chi connectivity index (χ1v) is 17.2. The molecule has 1 saturated heterocycles. The summed E-state index contributed by atoms with van der Waals surface area (Å²) < 4.78 is 38.9. The lowest BCUT2D eigenvalue weighted by Gasteiger charge is -2.38. The Morgan fingerprint density at radius 3 is 2.26 bits per heavy atom. The largest absolute Gasteiger partial charge is 0.461 e. The molecule has 1 aliphatic carbocycles. The van der Waals surface area contributed by atoms with Crippen LogP contribution in [0.25, 0.3) is 0 Å². The van der Waals surface area contributed by atoms with E-state index in [-0.39, 0.29) is 28.1 Å². The van der Waals surface area contributed by atoms with Gasteiger partial charge in [0.15, 0.2) is 18.2 Å². The van der Waals surface area contributed by atoms with Crippen LogP contribution in [0.5, 0.6) is 0 Å². The number of carbonyl (C=O) groups excluding carboxylic acids is 1. The third kappa shape index (κ3) is 6.45. The van der Waals surface area contributed by atoms with E-state index in [1.165, 1.54) is 5.41 Å². The van der Waals surface area contributed by atoms with Gasteiger partial charge in [0.2, 0.25) is 0 Å². The van der Waals surface area contributed by atoms with Gasteiger partial charge in [-0.3, -0.25) is 4.90 Å². The number of rotatable bonds is 7. The molecule has 0 spiro atoms. The monoisotopic (exact) mass is 521 g/mol.